The summed E-state index contributed by atoms with van der Waals surface area (Å²) >= 11 is 0. The molecule has 0 aliphatic rings. The molecule has 1 N–H and O–H groups in total. The van der Waals surface area contributed by atoms with Crippen LogP contribution in [0.15, 0.2) is 42.7 Å². The molecule has 0 saturated heterocycles. The van der Waals surface area contributed by atoms with Crippen molar-refractivity contribution in [3.63, 3.8) is 0 Å². The molecule has 0 fully saturated rings. The van der Waals surface area contributed by atoms with E-state index in [2.05, 4.69) is 21.9 Å². The van der Waals surface area contributed by atoms with Gasteiger partial charge in [-0.3, -0.25) is 4.98 Å². The Morgan fingerprint density at radius 3 is 2.82 bits per heavy atom. The number of rotatable bonds is 6. The zero-order valence-corrected chi connectivity index (χ0v) is 13.4. The first-order chi connectivity index (χ1) is 10.4. The summed E-state index contributed by atoms with van der Waals surface area (Å²) < 4.78 is 5.91. The predicted molar refractivity (Wildman–Crippen MR) is 91.6 cm³/mol. The minimum atomic E-state index is 0. The number of halogens is 1. The second-order valence-electron chi connectivity index (χ2n) is 5.03. The van der Waals surface area contributed by atoms with Gasteiger partial charge in [-0.2, -0.15) is 0 Å². The maximum Gasteiger partial charge on any atom is 0.142 e. The molecule has 0 aliphatic heterocycles. The Bertz CT molecular complexity index is 694. The van der Waals surface area contributed by atoms with Gasteiger partial charge in [-0.1, -0.05) is 31.9 Å². The standard InChI is InChI=1S/C17H19N3O.ClH/c1-2-3-6-11-21-16-8-5-4-7-13(16)17-19-14-9-10-18-12-15(14)20-17;/h4-5,7-10,12H,2-3,6,11H2,1H3,(H,19,20);1H. The van der Waals surface area contributed by atoms with E-state index in [-0.39, 0.29) is 12.4 Å². The van der Waals surface area contributed by atoms with Gasteiger partial charge in [0, 0.05) is 6.20 Å². The monoisotopic (exact) mass is 317 g/mol. The van der Waals surface area contributed by atoms with E-state index < -0.39 is 0 Å². The highest BCUT2D eigenvalue weighted by Crippen LogP contribution is 2.29. The number of fused-ring (bicyclic) bond motifs is 1. The normalized spacial score (nSPS) is 10.4. The van der Waals surface area contributed by atoms with Crippen LogP contribution in [-0.2, 0) is 0 Å². The van der Waals surface area contributed by atoms with Gasteiger partial charge in [-0.05, 0) is 24.6 Å². The van der Waals surface area contributed by atoms with Crippen LogP contribution in [-0.4, -0.2) is 21.6 Å². The Balaban J connectivity index is 0.00000176. The number of benzene rings is 1. The molecule has 3 rings (SSSR count). The molecule has 1 aromatic carbocycles. The lowest BCUT2D eigenvalue weighted by Gasteiger charge is -2.09. The molecule has 0 unspecified atom stereocenters. The smallest absolute Gasteiger partial charge is 0.142 e. The lowest BCUT2D eigenvalue weighted by Crippen LogP contribution is -1.98. The first kappa shape index (κ1) is 16.3. The minimum Gasteiger partial charge on any atom is -0.493 e. The van der Waals surface area contributed by atoms with Crippen LogP contribution in [0.3, 0.4) is 0 Å². The first-order valence-corrected chi connectivity index (χ1v) is 7.40. The second-order valence-corrected chi connectivity index (χ2v) is 5.03. The number of aromatic amines is 1. The van der Waals surface area contributed by atoms with Gasteiger partial charge in [0.05, 0.1) is 29.4 Å². The maximum atomic E-state index is 5.91. The summed E-state index contributed by atoms with van der Waals surface area (Å²) in [4.78, 5) is 12.0. The van der Waals surface area contributed by atoms with E-state index in [1.807, 2.05) is 30.3 Å². The largest absolute Gasteiger partial charge is 0.493 e. The second kappa shape index (κ2) is 7.80. The van der Waals surface area contributed by atoms with E-state index in [1.165, 1.54) is 12.8 Å². The first-order valence-electron chi connectivity index (χ1n) is 7.40. The Morgan fingerprint density at radius 2 is 2.00 bits per heavy atom. The zero-order chi connectivity index (χ0) is 14.5. The average Bonchev–Trinajstić information content (AvgIpc) is 2.96. The fourth-order valence-corrected chi connectivity index (χ4v) is 2.31. The molecule has 0 aliphatic carbocycles. The molecule has 4 nitrogen and oxygen atoms in total. The lowest BCUT2D eigenvalue weighted by molar-refractivity contribution is 0.307. The summed E-state index contributed by atoms with van der Waals surface area (Å²) in [5, 5.41) is 0. The van der Waals surface area contributed by atoms with Gasteiger partial charge in [0.1, 0.15) is 11.6 Å². The van der Waals surface area contributed by atoms with Crippen molar-refractivity contribution < 1.29 is 4.74 Å². The van der Waals surface area contributed by atoms with Crippen LogP contribution in [0.5, 0.6) is 5.75 Å². The highest BCUT2D eigenvalue weighted by molar-refractivity contribution is 5.85. The number of H-pyrrole nitrogens is 1. The number of pyridine rings is 1. The van der Waals surface area contributed by atoms with Gasteiger partial charge in [-0.15, -0.1) is 12.4 Å². The molecule has 3 aromatic rings. The quantitative estimate of drug-likeness (QED) is 0.675. The molecule has 116 valence electrons. The van der Waals surface area contributed by atoms with E-state index in [9.17, 15) is 0 Å². The summed E-state index contributed by atoms with van der Waals surface area (Å²) in [6.45, 7) is 2.93. The molecule has 0 bridgehead atoms. The number of nitrogens with one attached hydrogen (secondary N) is 1. The molecular formula is C17H20ClN3O. The van der Waals surface area contributed by atoms with Gasteiger partial charge in [-0.25, -0.2) is 4.98 Å². The molecular weight excluding hydrogens is 298 g/mol. The molecule has 0 saturated carbocycles. The number of para-hydroxylation sites is 1. The third-order valence-corrected chi connectivity index (χ3v) is 3.43. The summed E-state index contributed by atoms with van der Waals surface area (Å²) in [7, 11) is 0. The highest BCUT2D eigenvalue weighted by Gasteiger charge is 2.10. The van der Waals surface area contributed by atoms with Crippen molar-refractivity contribution in [2.75, 3.05) is 6.61 Å². The fourth-order valence-electron chi connectivity index (χ4n) is 2.31. The molecule has 22 heavy (non-hydrogen) atoms. The molecule has 0 atom stereocenters. The minimum absolute atomic E-state index is 0. The van der Waals surface area contributed by atoms with Crippen LogP contribution in [0, 0.1) is 0 Å². The van der Waals surface area contributed by atoms with Crippen LogP contribution >= 0.6 is 12.4 Å². The van der Waals surface area contributed by atoms with Crippen LogP contribution in [0.2, 0.25) is 0 Å². The van der Waals surface area contributed by atoms with Crippen molar-refractivity contribution in [1.82, 2.24) is 15.0 Å². The van der Waals surface area contributed by atoms with E-state index >= 15 is 0 Å². The van der Waals surface area contributed by atoms with Crippen molar-refractivity contribution in [1.29, 1.82) is 0 Å². The summed E-state index contributed by atoms with van der Waals surface area (Å²) in [6, 6.07) is 9.91. The van der Waals surface area contributed by atoms with Gasteiger partial charge in [0.25, 0.3) is 0 Å². The predicted octanol–water partition coefficient (Wildman–Crippen LogP) is 4.62. The summed E-state index contributed by atoms with van der Waals surface area (Å²) in [6.07, 6.45) is 7.01. The van der Waals surface area contributed by atoms with E-state index in [4.69, 9.17) is 4.74 Å². The third-order valence-electron chi connectivity index (χ3n) is 3.43. The number of imidazole rings is 1. The van der Waals surface area contributed by atoms with E-state index in [0.717, 1.165) is 41.2 Å². The van der Waals surface area contributed by atoms with Crippen molar-refractivity contribution in [3.05, 3.63) is 42.7 Å². The Kier molecular flexibility index (Phi) is 5.78. The Hall–Kier alpha value is -2.07. The average molecular weight is 318 g/mol. The number of nitrogens with zero attached hydrogens (tertiary/aromatic N) is 2. The van der Waals surface area contributed by atoms with Crippen LogP contribution in [0.25, 0.3) is 22.4 Å². The number of hydrogen-bond acceptors (Lipinski definition) is 3. The number of aromatic nitrogens is 3. The fraction of sp³-hybridized carbons (Fsp3) is 0.294. The topological polar surface area (TPSA) is 50.8 Å². The third kappa shape index (κ3) is 3.57. The van der Waals surface area contributed by atoms with Gasteiger partial charge < -0.3 is 9.72 Å². The van der Waals surface area contributed by atoms with Crippen molar-refractivity contribution in [2.45, 2.75) is 26.2 Å². The number of ether oxygens (including phenoxy) is 1. The SMILES string of the molecule is CCCCCOc1ccccc1-c1nc2ccncc2[nH]1.Cl. The summed E-state index contributed by atoms with van der Waals surface area (Å²) in [5.41, 5.74) is 2.85. The molecule has 0 spiro atoms. The van der Waals surface area contributed by atoms with Crippen LogP contribution < -0.4 is 4.74 Å². The molecule has 2 aromatic heterocycles. The van der Waals surface area contributed by atoms with E-state index in [1.54, 1.807) is 12.4 Å². The molecule has 0 amide bonds. The Morgan fingerprint density at radius 1 is 1.14 bits per heavy atom. The van der Waals surface area contributed by atoms with E-state index in [0.29, 0.717) is 0 Å². The van der Waals surface area contributed by atoms with Crippen molar-refractivity contribution in [2.24, 2.45) is 0 Å². The van der Waals surface area contributed by atoms with Crippen LogP contribution in [0.4, 0.5) is 0 Å². The molecule has 0 radical (unpaired) electrons. The highest BCUT2D eigenvalue weighted by atomic mass is 35.5. The number of unbranched alkanes of at least 4 members (excludes halogenated alkanes) is 2. The van der Waals surface area contributed by atoms with Gasteiger partial charge in [0.15, 0.2) is 0 Å². The van der Waals surface area contributed by atoms with Crippen LogP contribution in [0.1, 0.15) is 26.2 Å². The van der Waals surface area contributed by atoms with Crippen molar-refractivity contribution >= 4 is 23.4 Å². The lowest BCUT2D eigenvalue weighted by atomic mass is 10.2. The molecule has 5 heteroatoms. The van der Waals surface area contributed by atoms with Crippen molar-refractivity contribution in [3.8, 4) is 17.1 Å². The number of hydrogen-bond donors (Lipinski definition) is 1. The van der Waals surface area contributed by atoms with Gasteiger partial charge >= 0.3 is 0 Å². The maximum absolute atomic E-state index is 5.91. The summed E-state index contributed by atoms with van der Waals surface area (Å²) in [5.74, 6) is 1.70. The molecule has 2 heterocycles. The van der Waals surface area contributed by atoms with Gasteiger partial charge in [0.2, 0.25) is 0 Å². The Labute approximate surface area is 136 Å². The zero-order valence-electron chi connectivity index (χ0n) is 12.6.